The smallest absolute Gasteiger partial charge is 0.276 e. The highest BCUT2D eigenvalue weighted by Gasteiger charge is 2.26. The first-order valence-electron chi connectivity index (χ1n) is 4.98. The SMILES string of the molecule is C=CC(/C=C(\C)C(C)(C)C)=NCC(F)(F)F. The van der Waals surface area contributed by atoms with Gasteiger partial charge in [0, 0.05) is 0 Å². The van der Waals surface area contributed by atoms with Gasteiger partial charge in [-0.25, -0.2) is 0 Å². The first-order valence-corrected chi connectivity index (χ1v) is 4.98. The summed E-state index contributed by atoms with van der Waals surface area (Å²) in [6.45, 7) is 10.1. The second-order valence-electron chi connectivity index (χ2n) is 4.64. The molecule has 16 heavy (non-hydrogen) atoms. The molecule has 0 radical (unpaired) electrons. The van der Waals surface area contributed by atoms with Crippen LogP contribution in [-0.4, -0.2) is 18.4 Å². The zero-order valence-electron chi connectivity index (χ0n) is 10.2. The molecular weight excluding hydrogens is 215 g/mol. The Kier molecular flexibility index (Phi) is 4.97. The lowest BCUT2D eigenvalue weighted by Gasteiger charge is -2.19. The lowest BCUT2D eigenvalue weighted by atomic mass is 9.87. The topological polar surface area (TPSA) is 12.4 Å². The first-order chi connectivity index (χ1) is 7.06. The zero-order chi connectivity index (χ0) is 13.0. The van der Waals surface area contributed by atoms with Gasteiger partial charge in [0.25, 0.3) is 0 Å². The summed E-state index contributed by atoms with van der Waals surface area (Å²) in [6, 6.07) is 0. The van der Waals surface area contributed by atoms with E-state index in [0.717, 1.165) is 5.57 Å². The van der Waals surface area contributed by atoms with E-state index in [-0.39, 0.29) is 11.1 Å². The molecule has 0 unspecified atom stereocenters. The molecule has 0 rings (SSSR count). The number of hydrogen-bond acceptors (Lipinski definition) is 1. The standard InChI is InChI=1S/C12H18F3N/c1-6-10(16-8-12(13,14)15)7-9(2)11(3,4)5/h6-7H,1,8H2,2-5H3/b9-7+,16-10?. The van der Waals surface area contributed by atoms with Crippen molar-refractivity contribution in [3.63, 3.8) is 0 Å². The Hall–Kier alpha value is -1.06. The van der Waals surface area contributed by atoms with Crippen LogP contribution in [0.25, 0.3) is 0 Å². The fraction of sp³-hybridized carbons (Fsp3) is 0.583. The van der Waals surface area contributed by atoms with E-state index < -0.39 is 12.7 Å². The number of aliphatic imine (C=N–C) groups is 1. The number of rotatable bonds is 3. The molecule has 0 aromatic rings. The van der Waals surface area contributed by atoms with Gasteiger partial charge in [-0.2, -0.15) is 13.2 Å². The average Bonchev–Trinajstić information content (AvgIpc) is 2.08. The fourth-order valence-corrected chi connectivity index (χ4v) is 0.788. The monoisotopic (exact) mass is 233 g/mol. The van der Waals surface area contributed by atoms with Gasteiger partial charge < -0.3 is 0 Å². The highest BCUT2D eigenvalue weighted by Crippen LogP contribution is 2.24. The van der Waals surface area contributed by atoms with Gasteiger partial charge in [0.2, 0.25) is 0 Å². The van der Waals surface area contributed by atoms with Crippen LogP contribution in [0.15, 0.2) is 29.3 Å². The predicted octanol–water partition coefficient (Wildman–Crippen LogP) is 4.17. The molecule has 0 saturated carbocycles. The van der Waals surface area contributed by atoms with E-state index in [0.29, 0.717) is 0 Å². The molecule has 0 atom stereocenters. The van der Waals surface area contributed by atoms with Crippen molar-refractivity contribution in [3.8, 4) is 0 Å². The maximum Gasteiger partial charge on any atom is 0.407 e. The summed E-state index contributed by atoms with van der Waals surface area (Å²) in [7, 11) is 0. The third kappa shape index (κ3) is 6.43. The summed E-state index contributed by atoms with van der Waals surface area (Å²) in [4.78, 5) is 3.46. The van der Waals surface area contributed by atoms with E-state index >= 15 is 0 Å². The Morgan fingerprint density at radius 1 is 1.25 bits per heavy atom. The second kappa shape index (κ2) is 5.32. The summed E-state index contributed by atoms with van der Waals surface area (Å²) >= 11 is 0. The van der Waals surface area contributed by atoms with Crippen molar-refractivity contribution in [2.24, 2.45) is 10.4 Å². The van der Waals surface area contributed by atoms with Crippen LogP contribution in [0.4, 0.5) is 13.2 Å². The summed E-state index contributed by atoms with van der Waals surface area (Å²) in [5, 5.41) is 0. The molecule has 0 amide bonds. The minimum Gasteiger partial charge on any atom is -0.276 e. The van der Waals surface area contributed by atoms with Crippen molar-refractivity contribution < 1.29 is 13.2 Å². The van der Waals surface area contributed by atoms with Crippen LogP contribution in [0.5, 0.6) is 0 Å². The van der Waals surface area contributed by atoms with E-state index in [1.165, 1.54) is 6.08 Å². The van der Waals surface area contributed by atoms with Crippen LogP contribution in [0.1, 0.15) is 27.7 Å². The van der Waals surface area contributed by atoms with Gasteiger partial charge >= 0.3 is 6.18 Å². The first kappa shape index (κ1) is 14.9. The minimum atomic E-state index is -4.27. The normalized spacial score (nSPS) is 15.2. The number of hydrogen-bond donors (Lipinski definition) is 0. The molecule has 0 fully saturated rings. The largest absolute Gasteiger partial charge is 0.407 e. The van der Waals surface area contributed by atoms with Gasteiger partial charge in [-0.1, -0.05) is 32.9 Å². The quantitative estimate of drug-likeness (QED) is 0.649. The Balaban J connectivity index is 4.84. The molecule has 0 aliphatic carbocycles. The molecule has 0 N–H and O–H groups in total. The third-order valence-electron chi connectivity index (χ3n) is 2.20. The maximum atomic E-state index is 12.0. The van der Waals surface area contributed by atoms with Gasteiger partial charge in [0.1, 0.15) is 6.54 Å². The Bertz CT molecular complexity index is 303. The fourth-order valence-electron chi connectivity index (χ4n) is 0.788. The summed E-state index contributed by atoms with van der Waals surface area (Å²) in [6.07, 6.45) is -1.29. The summed E-state index contributed by atoms with van der Waals surface area (Å²) < 4.78 is 35.9. The van der Waals surface area contributed by atoms with Crippen molar-refractivity contribution in [1.82, 2.24) is 0 Å². The molecule has 0 aliphatic heterocycles. The van der Waals surface area contributed by atoms with Gasteiger partial charge in [0.15, 0.2) is 0 Å². The van der Waals surface area contributed by atoms with Gasteiger partial charge in [-0.15, -0.1) is 0 Å². The van der Waals surface area contributed by atoms with Crippen LogP contribution in [0.3, 0.4) is 0 Å². The maximum absolute atomic E-state index is 12.0. The Labute approximate surface area is 94.8 Å². The third-order valence-corrected chi connectivity index (χ3v) is 2.20. The van der Waals surface area contributed by atoms with Crippen LogP contribution < -0.4 is 0 Å². The molecule has 0 aromatic carbocycles. The Morgan fingerprint density at radius 3 is 2.06 bits per heavy atom. The molecule has 0 bridgehead atoms. The van der Waals surface area contributed by atoms with Gasteiger partial charge in [0.05, 0.1) is 5.71 Å². The molecule has 0 aliphatic rings. The zero-order valence-corrected chi connectivity index (χ0v) is 10.2. The molecule has 4 heteroatoms. The highest BCUT2D eigenvalue weighted by molar-refractivity contribution is 6.04. The van der Waals surface area contributed by atoms with E-state index in [1.54, 1.807) is 6.08 Å². The minimum absolute atomic E-state index is 0.0813. The number of halogens is 3. The lowest BCUT2D eigenvalue weighted by molar-refractivity contribution is -0.118. The van der Waals surface area contributed by atoms with E-state index in [2.05, 4.69) is 11.6 Å². The van der Waals surface area contributed by atoms with Crippen molar-refractivity contribution >= 4 is 5.71 Å². The van der Waals surface area contributed by atoms with Crippen molar-refractivity contribution in [3.05, 3.63) is 24.3 Å². The number of alkyl halides is 3. The van der Waals surface area contributed by atoms with E-state index in [1.807, 2.05) is 27.7 Å². The molecule has 0 spiro atoms. The molecule has 92 valence electrons. The molecule has 0 heterocycles. The molecule has 1 nitrogen and oxygen atoms in total. The number of allylic oxidation sites excluding steroid dienone is 3. The second-order valence-corrected chi connectivity index (χ2v) is 4.64. The number of nitrogens with zero attached hydrogens (tertiary/aromatic N) is 1. The highest BCUT2D eigenvalue weighted by atomic mass is 19.4. The van der Waals surface area contributed by atoms with Crippen LogP contribution in [-0.2, 0) is 0 Å². The van der Waals surface area contributed by atoms with Crippen LogP contribution in [0.2, 0.25) is 0 Å². The predicted molar refractivity (Wildman–Crippen MR) is 61.8 cm³/mol. The Morgan fingerprint density at radius 2 is 1.75 bits per heavy atom. The average molecular weight is 233 g/mol. The van der Waals surface area contributed by atoms with Crippen LogP contribution >= 0.6 is 0 Å². The molecule has 0 aromatic heterocycles. The van der Waals surface area contributed by atoms with E-state index in [9.17, 15) is 13.2 Å². The van der Waals surface area contributed by atoms with Crippen LogP contribution in [0, 0.1) is 5.41 Å². The van der Waals surface area contributed by atoms with Crippen molar-refractivity contribution in [1.29, 1.82) is 0 Å². The van der Waals surface area contributed by atoms with Crippen molar-refractivity contribution in [2.45, 2.75) is 33.9 Å². The van der Waals surface area contributed by atoms with Gasteiger partial charge in [-0.05, 0) is 24.5 Å². The lowest BCUT2D eigenvalue weighted by Crippen LogP contribution is -2.14. The molecular formula is C12H18F3N. The van der Waals surface area contributed by atoms with Crippen molar-refractivity contribution in [2.75, 3.05) is 6.54 Å². The van der Waals surface area contributed by atoms with E-state index in [4.69, 9.17) is 0 Å². The summed E-state index contributed by atoms with van der Waals surface area (Å²) in [5.74, 6) is 0. The van der Waals surface area contributed by atoms with Gasteiger partial charge in [-0.3, -0.25) is 4.99 Å². The summed E-state index contributed by atoms with van der Waals surface area (Å²) in [5.41, 5.74) is 1.15. The molecule has 0 saturated heterocycles.